The summed E-state index contributed by atoms with van der Waals surface area (Å²) in [7, 11) is 0. The van der Waals surface area contributed by atoms with Crippen LogP contribution in [0, 0.1) is 0 Å². The zero-order chi connectivity index (χ0) is 15.2. The Morgan fingerprint density at radius 2 is 1.80 bits per heavy atom. The van der Waals surface area contributed by atoms with Gasteiger partial charge in [0.2, 0.25) is 0 Å². The van der Waals surface area contributed by atoms with Gasteiger partial charge >= 0.3 is 6.18 Å². The van der Waals surface area contributed by atoms with Crippen LogP contribution >= 0.6 is 15.9 Å². The van der Waals surface area contributed by atoms with Crippen LogP contribution in [0.3, 0.4) is 0 Å². The van der Waals surface area contributed by atoms with E-state index in [9.17, 15) is 23.1 Å². The van der Waals surface area contributed by atoms with Gasteiger partial charge in [0.25, 0.3) is 0 Å². The molecule has 1 aromatic rings. The maximum Gasteiger partial charge on any atom is 0.389 e. The van der Waals surface area contributed by atoms with Crippen LogP contribution in [0.5, 0.6) is 0 Å². The molecule has 1 aromatic carbocycles. The highest BCUT2D eigenvalue weighted by molar-refractivity contribution is 9.10. The molecule has 0 saturated carbocycles. The van der Waals surface area contributed by atoms with Crippen molar-refractivity contribution in [1.82, 2.24) is 0 Å². The first-order chi connectivity index (χ1) is 9.29. The molecule has 0 aliphatic carbocycles. The van der Waals surface area contributed by atoms with Crippen molar-refractivity contribution in [1.29, 1.82) is 0 Å². The normalized spacial score (nSPS) is 11.6. The number of rotatable bonds is 7. The first-order valence-electron chi connectivity index (χ1n) is 6.36. The highest BCUT2D eigenvalue weighted by Crippen LogP contribution is 2.23. The van der Waals surface area contributed by atoms with E-state index < -0.39 is 18.6 Å². The molecule has 0 atom stereocenters. The van der Waals surface area contributed by atoms with Crippen LogP contribution in [0.4, 0.5) is 13.2 Å². The van der Waals surface area contributed by atoms with Gasteiger partial charge in [-0.3, -0.25) is 0 Å². The van der Waals surface area contributed by atoms with Gasteiger partial charge in [-0.15, -0.1) is 0 Å². The molecule has 0 amide bonds. The summed E-state index contributed by atoms with van der Waals surface area (Å²) in [6.07, 6.45) is -2.38. The zero-order valence-electron chi connectivity index (χ0n) is 10.8. The number of alkyl halides is 3. The zero-order valence-corrected chi connectivity index (χ0v) is 12.4. The van der Waals surface area contributed by atoms with Crippen molar-refractivity contribution >= 4 is 21.9 Å². The third kappa shape index (κ3) is 6.41. The molecular formula is C14H15BrF3O2-. The van der Waals surface area contributed by atoms with Gasteiger partial charge in [0.15, 0.2) is 0 Å². The molecule has 20 heavy (non-hydrogen) atoms. The topological polar surface area (TPSA) is 40.1 Å². The summed E-state index contributed by atoms with van der Waals surface area (Å²) in [5.41, 5.74) is 0.790. The molecule has 0 N–H and O–H groups in total. The number of carbonyl (C=O) groups is 1. The average Bonchev–Trinajstić information content (AvgIpc) is 2.33. The van der Waals surface area contributed by atoms with Gasteiger partial charge in [-0.1, -0.05) is 34.8 Å². The van der Waals surface area contributed by atoms with E-state index in [1.807, 2.05) is 0 Å². The number of unbranched alkanes of at least 4 members (excludes halogenated alkanes) is 3. The summed E-state index contributed by atoms with van der Waals surface area (Å²) in [5, 5.41) is 11.0. The van der Waals surface area contributed by atoms with Crippen molar-refractivity contribution in [2.45, 2.75) is 44.7 Å². The van der Waals surface area contributed by atoms with Crippen molar-refractivity contribution in [3.05, 3.63) is 33.8 Å². The third-order valence-electron chi connectivity index (χ3n) is 2.95. The van der Waals surface area contributed by atoms with Crippen LogP contribution in [0.1, 0.15) is 48.0 Å². The Morgan fingerprint density at radius 3 is 2.40 bits per heavy atom. The number of carboxylic acids is 1. The van der Waals surface area contributed by atoms with Gasteiger partial charge in [0.05, 0.1) is 5.97 Å². The second-order valence-electron chi connectivity index (χ2n) is 4.62. The highest BCUT2D eigenvalue weighted by Gasteiger charge is 2.25. The van der Waals surface area contributed by atoms with Gasteiger partial charge in [0, 0.05) is 16.5 Å². The van der Waals surface area contributed by atoms with Gasteiger partial charge < -0.3 is 9.90 Å². The summed E-state index contributed by atoms with van der Waals surface area (Å²) in [5.74, 6) is -1.24. The fourth-order valence-corrected chi connectivity index (χ4v) is 2.31. The fourth-order valence-electron chi connectivity index (χ4n) is 1.95. The number of hydrogen-bond donors (Lipinski definition) is 0. The number of aromatic carboxylic acids is 1. The van der Waals surface area contributed by atoms with E-state index in [-0.39, 0.29) is 12.0 Å². The summed E-state index contributed by atoms with van der Waals surface area (Å²) in [6.45, 7) is 0. The van der Waals surface area contributed by atoms with E-state index >= 15 is 0 Å². The Bertz CT molecular complexity index is 458. The van der Waals surface area contributed by atoms with Crippen LogP contribution < -0.4 is 5.11 Å². The number of carboxylic acid groups (broad SMARTS) is 1. The molecule has 0 heterocycles. The Labute approximate surface area is 124 Å². The lowest BCUT2D eigenvalue weighted by Gasteiger charge is -2.11. The quantitative estimate of drug-likeness (QED) is 0.699. The molecule has 6 heteroatoms. The molecule has 0 radical (unpaired) electrons. The molecule has 0 saturated heterocycles. The lowest BCUT2D eigenvalue weighted by molar-refractivity contribution is -0.255. The maximum absolute atomic E-state index is 11.9. The predicted molar refractivity (Wildman–Crippen MR) is 71.3 cm³/mol. The molecule has 0 aliphatic rings. The van der Waals surface area contributed by atoms with E-state index in [0.29, 0.717) is 35.7 Å². The van der Waals surface area contributed by atoms with Crippen LogP contribution in [-0.4, -0.2) is 12.1 Å². The Morgan fingerprint density at radius 1 is 1.15 bits per heavy atom. The van der Waals surface area contributed by atoms with Crippen molar-refractivity contribution in [3.8, 4) is 0 Å². The number of carbonyl (C=O) groups excluding carboxylic acids is 1. The largest absolute Gasteiger partial charge is 0.545 e. The third-order valence-corrected chi connectivity index (χ3v) is 3.44. The first-order valence-corrected chi connectivity index (χ1v) is 7.15. The standard InChI is InChI=1S/C14H16BrF3O2/c15-11-7-6-10(12(9-11)13(19)20)5-3-1-2-4-8-14(16,17)18/h6-7,9H,1-5,8H2,(H,19,20)/p-1. The molecule has 2 nitrogen and oxygen atoms in total. The van der Waals surface area contributed by atoms with E-state index in [1.54, 1.807) is 12.1 Å². The second-order valence-corrected chi connectivity index (χ2v) is 5.53. The number of benzene rings is 1. The molecular weight excluding hydrogens is 337 g/mol. The lowest BCUT2D eigenvalue weighted by atomic mass is 10.0. The first kappa shape index (κ1) is 17.0. The van der Waals surface area contributed by atoms with Crippen molar-refractivity contribution in [2.75, 3.05) is 0 Å². The smallest absolute Gasteiger partial charge is 0.389 e. The number of hydrogen-bond acceptors (Lipinski definition) is 2. The molecule has 0 bridgehead atoms. The second kappa shape index (κ2) is 7.67. The van der Waals surface area contributed by atoms with Crippen LogP contribution in [0.15, 0.2) is 22.7 Å². The highest BCUT2D eigenvalue weighted by atomic mass is 79.9. The average molecular weight is 352 g/mol. The number of halogens is 4. The van der Waals surface area contributed by atoms with Crippen molar-refractivity contribution < 1.29 is 23.1 Å². The minimum absolute atomic E-state index is 0.122. The van der Waals surface area contributed by atoms with E-state index in [4.69, 9.17) is 0 Å². The molecule has 1 rings (SSSR count). The minimum Gasteiger partial charge on any atom is -0.545 e. The Hall–Kier alpha value is -1.04. The summed E-state index contributed by atoms with van der Waals surface area (Å²) >= 11 is 3.19. The molecule has 0 fully saturated rings. The van der Waals surface area contributed by atoms with Gasteiger partial charge in [-0.2, -0.15) is 13.2 Å². The van der Waals surface area contributed by atoms with Gasteiger partial charge in [-0.25, -0.2) is 0 Å². The summed E-state index contributed by atoms with van der Waals surface area (Å²) in [4.78, 5) is 11.0. The monoisotopic (exact) mass is 351 g/mol. The summed E-state index contributed by atoms with van der Waals surface area (Å²) < 4.78 is 36.5. The minimum atomic E-state index is -4.09. The SMILES string of the molecule is O=C([O-])c1cc(Br)ccc1CCCCCCC(F)(F)F. The van der Waals surface area contributed by atoms with E-state index in [1.165, 1.54) is 6.07 Å². The summed E-state index contributed by atoms with van der Waals surface area (Å²) in [6, 6.07) is 4.92. The van der Waals surface area contributed by atoms with E-state index in [0.717, 1.165) is 0 Å². The molecule has 0 spiro atoms. The lowest BCUT2D eigenvalue weighted by Crippen LogP contribution is -2.23. The van der Waals surface area contributed by atoms with Crippen LogP contribution in [-0.2, 0) is 6.42 Å². The molecule has 112 valence electrons. The van der Waals surface area contributed by atoms with Crippen LogP contribution in [0.25, 0.3) is 0 Å². The molecule has 0 unspecified atom stereocenters. The van der Waals surface area contributed by atoms with Gasteiger partial charge in [-0.05, 0) is 37.0 Å². The maximum atomic E-state index is 11.9. The molecule has 0 aliphatic heterocycles. The fraction of sp³-hybridized carbons (Fsp3) is 0.500. The van der Waals surface area contributed by atoms with Crippen molar-refractivity contribution in [3.63, 3.8) is 0 Å². The number of aryl methyl sites for hydroxylation is 1. The van der Waals surface area contributed by atoms with Gasteiger partial charge in [0.1, 0.15) is 0 Å². The van der Waals surface area contributed by atoms with E-state index in [2.05, 4.69) is 15.9 Å². The molecule has 0 aromatic heterocycles. The van der Waals surface area contributed by atoms with Crippen LogP contribution in [0.2, 0.25) is 0 Å². The Balaban J connectivity index is 2.37. The van der Waals surface area contributed by atoms with Crippen molar-refractivity contribution in [2.24, 2.45) is 0 Å². The predicted octanol–water partition coefficient (Wildman–Crippen LogP) is 3.87. The Kier molecular flexibility index (Phi) is 6.52.